The number of benzene rings is 5. The quantitative estimate of drug-likeness (QED) is 0.245. The molecule has 1 atom stereocenters. The molecule has 0 amide bonds. The standard InChI is InChI=1S/C34H31NP2/c1-5-17-28(18-6-1)36(29-19-7-2-8-20-29)33-26-14-16-27-15-13-25-32(34(27)33)35-37(30-21-9-3-10-22-30)31-23-11-4-12-24-31/h1-12,14,16-24,26,32,35H,13,15,25H2/t32-/m1/s1. The molecule has 0 aliphatic heterocycles. The van der Waals surface area contributed by atoms with Crippen LogP contribution in [0.5, 0.6) is 0 Å². The molecule has 5 aromatic rings. The van der Waals surface area contributed by atoms with E-state index in [0.29, 0.717) is 6.04 Å². The van der Waals surface area contributed by atoms with E-state index in [2.05, 4.69) is 145 Å². The molecule has 1 nitrogen and oxygen atoms in total. The van der Waals surface area contributed by atoms with Gasteiger partial charge in [-0.1, -0.05) is 140 Å². The summed E-state index contributed by atoms with van der Waals surface area (Å²) in [6, 6.07) is 51.6. The smallest absolute Gasteiger partial charge is 0.0371 e. The molecular weight excluding hydrogens is 484 g/mol. The minimum Gasteiger partial charge on any atom is -0.281 e. The molecule has 5 aromatic carbocycles. The maximum atomic E-state index is 4.22. The Kier molecular flexibility index (Phi) is 7.57. The van der Waals surface area contributed by atoms with Crippen LogP contribution in [-0.4, -0.2) is 0 Å². The average molecular weight is 516 g/mol. The summed E-state index contributed by atoms with van der Waals surface area (Å²) in [5.41, 5.74) is 3.05. The van der Waals surface area contributed by atoms with Crippen LogP contribution in [0.2, 0.25) is 0 Å². The zero-order valence-corrected chi connectivity index (χ0v) is 22.7. The van der Waals surface area contributed by atoms with Crippen LogP contribution in [0.25, 0.3) is 0 Å². The van der Waals surface area contributed by atoms with E-state index in [4.69, 9.17) is 0 Å². The molecule has 1 aliphatic rings. The van der Waals surface area contributed by atoms with E-state index < -0.39 is 16.0 Å². The average Bonchev–Trinajstić information content (AvgIpc) is 2.98. The van der Waals surface area contributed by atoms with Crippen molar-refractivity contribution in [3.8, 4) is 0 Å². The molecule has 0 radical (unpaired) electrons. The summed E-state index contributed by atoms with van der Waals surface area (Å²) in [5.74, 6) is 0. The van der Waals surface area contributed by atoms with Crippen molar-refractivity contribution in [1.82, 2.24) is 5.09 Å². The molecule has 0 heterocycles. The molecular formula is C34H31NP2. The third kappa shape index (κ3) is 5.32. The van der Waals surface area contributed by atoms with E-state index in [9.17, 15) is 0 Å². The van der Waals surface area contributed by atoms with Gasteiger partial charge in [-0.3, -0.25) is 5.09 Å². The molecule has 1 aliphatic carbocycles. The van der Waals surface area contributed by atoms with Crippen molar-refractivity contribution in [1.29, 1.82) is 0 Å². The van der Waals surface area contributed by atoms with E-state index in [1.54, 1.807) is 0 Å². The normalized spacial score (nSPS) is 15.0. The zero-order chi connectivity index (χ0) is 24.9. The number of nitrogens with one attached hydrogen (secondary N) is 1. The van der Waals surface area contributed by atoms with Crippen molar-refractivity contribution in [2.45, 2.75) is 25.3 Å². The first-order valence-electron chi connectivity index (χ1n) is 13.1. The summed E-state index contributed by atoms with van der Waals surface area (Å²) in [4.78, 5) is 0. The fraction of sp³-hybridized carbons (Fsp3) is 0.118. The molecule has 0 bridgehead atoms. The highest BCUT2D eigenvalue weighted by Crippen LogP contribution is 2.42. The second-order valence-corrected chi connectivity index (χ2v) is 13.6. The lowest BCUT2D eigenvalue weighted by atomic mass is 9.88. The second kappa shape index (κ2) is 11.5. The van der Waals surface area contributed by atoms with Crippen LogP contribution in [0.1, 0.15) is 30.0 Å². The first kappa shape index (κ1) is 24.3. The number of aryl methyl sites for hydroxylation is 1. The molecule has 1 N–H and O–H groups in total. The van der Waals surface area contributed by atoms with Gasteiger partial charge in [0.05, 0.1) is 0 Å². The third-order valence-corrected chi connectivity index (χ3v) is 11.7. The Morgan fingerprint density at radius 3 is 1.51 bits per heavy atom. The fourth-order valence-corrected chi connectivity index (χ4v) is 10.1. The maximum Gasteiger partial charge on any atom is 0.0371 e. The van der Waals surface area contributed by atoms with Gasteiger partial charge in [0.2, 0.25) is 0 Å². The predicted octanol–water partition coefficient (Wildman–Crippen LogP) is 6.46. The minimum atomic E-state index is -0.681. The summed E-state index contributed by atoms with van der Waals surface area (Å²) < 4.78 is 0. The highest BCUT2D eigenvalue weighted by molar-refractivity contribution is 7.80. The highest BCUT2D eigenvalue weighted by atomic mass is 31.1. The number of hydrogen-bond acceptors (Lipinski definition) is 1. The van der Waals surface area contributed by atoms with Crippen molar-refractivity contribution >= 4 is 42.5 Å². The summed E-state index contributed by atoms with van der Waals surface area (Å²) in [5, 5.41) is 11.3. The number of hydrogen-bond donors (Lipinski definition) is 1. The minimum absolute atomic E-state index is 0.323. The largest absolute Gasteiger partial charge is 0.281 e. The lowest BCUT2D eigenvalue weighted by Crippen LogP contribution is -2.34. The van der Waals surface area contributed by atoms with Crippen LogP contribution in [0.15, 0.2) is 140 Å². The Morgan fingerprint density at radius 2 is 1.00 bits per heavy atom. The monoisotopic (exact) mass is 515 g/mol. The molecule has 0 spiro atoms. The number of fused-ring (bicyclic) bond motifs is 1. The molecule has 0 saturated carbocycles. The van der Waals surface area contributed by atoms with Crippen LogP contribution in [-0.2, 0) is 6.42 Å². The predicted molar refractivity (Wildman–Crippen MR) is 163 cm³/mol. The SMILES string of the molecule is c1ccc(P(N[C@@H]2CCCc3cccc(P(c4ccccc4)c4ccccc4)c32)c2ccccc2)cc1. The Balaban J connectivity index is 1.47. The van der Waals surface area contributed by atoms with Gasteiger partial charge in [0.15, 0.2) is 0 Å². The van der Waals surface area contributed by atoms with Gasteiger partial charge in [-0.05, 0) is 64.8 Å². The van der Waals surface area contributed by atoms with Crippen molar-refractivity contribution in [3.63, 3.8) is 0 Å². The zero-order valence-electron chi connectivity index (χ0n) is 20.9. The lowest BCUT2D eigenvalue weighted by molar-refractivity contribution is 0.543. The molecule has 6 rings (SSSR count). The maximum absolute atomic E-state index is 4.22. The van der Waals surface area contributed by atoms with E-state index in [1.165, 1.54) is 44.1 Å². The molecule has 0 unspecified atom stereocenters. The molecule has 37 heavy (non-hydrogen) atoms. The first-order valence-corrected chi connectivity index (χ1v) is 15.8. The van der Waals surface area contributed by atoms with Gasteiger partial charge in [-0.2, -0.15) is 0 Å². The Bertz CT molecular complexity index is 1340. The Hall–Kier alpha value is -3.08. The van der Waals surface area contributed by atoms with Crippen LogP contribution >= 0.6 is 16.0 Å². The van der Waals surface area contributed by atoms with E-state index in [-0.39, 0.29) is 0 Å². The highest BCUT2D eigenvalue weighted by Gasteiger charge is 2.30. The van der Waals surface area contributed by atoms with Crippen molar-refractivity contribution in [3.05, 3.63) is 151 Å². The summed E-state index contributed by atoms with van der Waals surface area (Å²) in [6.45, 7) is 0. The van der Waals surface area contributed by atoms with Gasteiger partial charge in [0, 0.05) is 14.1 Å². The molecule has 182 valence electrons. The topological polar surface area (TPSA) is 12.0 Å². The van der Waals surface area contributed by atoms with E-state index >= 15 is 0 Å². The van der Waals surface area contributed by atoms with Crippen LogP contribution in [0.3, 0.4) is 0 Å². The van der Waals surface area contributed by atoms with Gasteiger partial charge in [-0.25, -0.2) is 0 Å². The fourth-order valence-electron chi connectivity index (χ4n) is 5.37. The van der Waals surface area contributed by atoms with Crippen molar-refractivity contribution in [2.24, 2.45) is 0 Å². The third-order valence-electron chi connectivity index (χ3n) is 7.04. The Morgan fingerprint density at radius 1 is 0.514 bits per heavy atom. The van der Waals surface area contributed by atoms with Crippen LogP contribution in [0, 0.1) is 0 Å². The van der Waals surface area contributed by atoms with Gasteiger partial charge in [-0.15, -0.1) is 0 Å². The van der Waals surface area contributed by atoms with Gasteiger partial charge in [0.1, 0.15) is 0 Å². The molecule has 0 fully saturated rings. The first-order chi connectivity index (χ1) is 18.4. The van der Waals surface area contributed by atoms with E-state index in [0.717, 1.165) is 12.8 Å². The molecule has 0 aromatic heterocycles. The van der Waals surface area contributed by atoms with Crippen LogP contribution in [0.4, 0.5) is 0 Å². The molecule has 3 heteroatoms. The Labute approximate surface area is 223 Å². The lowest BCUT2D eigenvalue weighted by Gasteiger charge is -2.34. The molecule has 0 saturated heterocycles. The van der Waals surface area contributed by atoms with Crippen molar-refractivity contribution in [2.75, 3.05) is 0 Å². The van der Waals surface area contributed by atoms with Gasteiger partial charge < -0.3 is 0 Å². The van der Waals surface area contributed by atoms with E-state index in [1.807, 2.05) is 0 Å². The van der Waals surface area contributed by atoms with Gasteiger partial charge in [0.25, 0.3) is 0 Å². The summed E-state index contributed by atoms with van der Waals surface area (Å²) >= 11 is 0. The summed E-state index contributed by atoms with van der Waals surface area (Å²) in [6.07, 6.45) is 3.54. The number of rotatable bonds is 7. The summed E-state index contributed by atoms with van der Waals surface area (Å²) in [7, 11) is -1.33. The second-order valence-electron chi connectivity index (χ2n) is 9.44. The van der Waals surface area contributed by atoms with Gasteiger partial charge >= 0.3 is 0 Å². The van der Waals surface area contributed by atoms with Crippen molar-refractivity contribution < 1.29 is 0 Å². The van der Waals surface area contributed by atoms with Crippen LogP contribution < -0.4 is 31.6 Å².